The van der Waals surface area contributed by atoms with Crippen molar-refractivity contribution in [3.05, 3.63) is 94.3 Å². The molecule has 8 heteroatoms. The Morgan fingerprint density at radius 1 is 1.12 bits per heavy atom. The molecule has 3 N–H and O–H groups in total. The van der Waals surface area contributed by atoms with E-state index < -0.39 is 6.04 Å². The predicted octanol–water partition coefficient (Wildman–Crippen LogP) is 5.41. The zero-order valence-corrected chi connectivity index (χ0v) is 19.5. The lowest BCUT2D eigenvalue weighted by atomic mass is 10.00. The average molecular weight is 479 g/mol. The number of carbonyl (C=O) groups is 2. The maximum atomic E-state index is 14.3. The molecule has 6 nitrogen and oxygen atoms in total. The molecule has 34 heavy (non-hydrogen) atoms. The Kier molecular flexibility index (Phi) is 6.93. The number of hydrogen-bond donors (Lipinski definition) is 3. The lowest BCUT2D eigenvalue weighted by molar-refractivity contribution is -0.117. The summed E-state index contributed by atoms with van der Waals surface area (Å²) in [5.74, 6) is -0.711. The number of amides is 3. The summed E-state index contributed by atoms with van der Waals surface area (Å²) in [6.45, 7) is 3.75. The first kappa shape index (κ1) is 23.4. The lowest BCUT2D eigenvalue weighted by Crippen LogP contribution is -2.34. The van der Waals surface area contributed by atoms with Crippen molar-refractivity contribution < 1.29 is 14.0 Å². The first-order chi connectivity index (χ1) is 16.3. The van der Waals surface area contributed by atoms with Gasteiger partial charge in [-0.05, 0) is 55.8 Å². The molecule has 0 saturated carbocycles. The van der Waals surface area contributed by atoms with Gasteiger partial charge in [-0.15, -0.1) is 0 Å². The largest absolute Gasteiger partial charge is 0.336 e. The van der Waals surface area contributed by atoms with Gasteiger partial charge in [0.05, 0.1) is 11.4 Å². The van der Waals surface area contributed by atoms with Gasteiger partial charge in [-0.2, -0.15) is 0 Å². The van der Waals surface area contributed by atoms with Gasteiger partial charge in [-0.25, -0.2) is 9.18 Å². The molecular formula is C26H24ClFN4O2. The van der Waals surface area contributed by atoms with Gasteiger partial charge in [-0.3, -0.25) is 9.79 Å². The number of benzodiazepines with no additional fused rings is 1. The van der Waals surface area contributed by atoms with E-state index in [1.807, 2.05) is 26.0 Å². The second-order valence-corrected chi connectivity index (χ2v) is 8.74. The fourth-order valence-corrected chi connectivity index (χ4v) is 3.87. The molecule has 4 rings (SSSR count). The van der Waals surface area contributed by atoms with E-state index in [4.69, 9.17) is 16.6 Å². The smallest absolute Gasteiger partial charge is 0.319 e. The molecule has 3 amide bonds. The van der Waals surface area contributed by atoms with E-state index >= 15 is 0 Å². The first-order valence-corrected chi connectivity index (χ1v) is 11.3. The molecule has 0 aromatic heterocycles. The molecule has 1 aliphatic rings. The number of anilines is 2. The highest BCUT2D eigenvalue weighted by Crippen LogP contribution is 2.28. The van der Waals surface area contributed by atoms with E-state index in [-0.39, 0.29) is 30.2 Å². The average Bonchev–Trinajstić information content (AvgIpc) is 2.92. The Morgan fingerprint density at radius 2 is 1.85 bits per heavy atom. The molecule has 3 aromatic rings. The van der Waals surface area contributed by atoms with Crippen LogP contribution in [-0.4, -0.2) is 29.7 Å². The predicted molar refractivity (Wildman–Crippen MR) is 133 cm³/mol. The number of urea groups is 1. The maximum absolute atomic E-state index is 14.3. The number of nitrogens with one attached hydrogen (secondary N) is 3. The van der Waals surface area contributed by atoms with Crippen LogP contribution < -0.4 is 16.0 Å². The van der Waals surface area contributed by atoms with E-state index in [1.54, 1.807) is 48.5 Å². The number of benzene rings is 3. The fraction of sp³-hybridized carbons (Fsp3) is 0.192. The summed E-state index contributed by atoms with van der Waals surface area (Å²) in [5, 5.41) is 8.94. The Hall–Kier alpha value is -3.71. The van der Waals surface area contributed by atoms with Gasteiger partial charge in [0.2, 0.25) is 5.91 Å². The molecule has 0 aliphatic carbocycles. The minimum atomic E-state index is -0.840. The van der Waals surface area contributed by atoms with Crippen LogP contribution in [-0.2, 0) is 11.2 Å². The third kappa shape index (κ3) is 5.43. The number of nitrogens with zero attached hydrogens (tertiary/aromatic N) is 1. The lowest BCUT2D eigenvalue weighted by Gasteiger charge is -2.13. The van der Waals surface area contributed by atoms with Gasteiger partial charge in [-0.1, -0.05) is 41.9 Å². The zero-order chi connectivity index (χ0) is 24.2. The van der Waals surface area contributed by atoms with Crippen molar-refractivity contribution in [2.75, 3.05) is 10.6 Å². The number of halogens is 2. The van der Waals surface area contributed by atoms with Crippen LogP contribution in [0.3, 0.4) is 0 Å². The van der Waals surface area contributed by atoms with Crippen LogP contribution in [0.15, 0.2) is 71.7 Å². The van der Waals surface area contributed by atoms with Crippen LogP contribution in [0.5, 0.6) is 0 Å². The highest BCUT2D eigenvalue weighted by atomic mass is 35.5. The third-order valence-corrected chi connectivity index (χ3v) is 5.52. The van der Waals surface area contributed by atoms with E-state index in [0.29, 0.717) is 33.2 Å². The highest BCUT2D eigenvalue weighted by Gasteiger charge is 2.27. The minimum Gasteiger partial charge on any atom is -0.336 e. The second kappa shape index (κ2) is 10.1. The van der Waals surface area contributed by atoms with Gasteiger partial charge < -0.3 is 16.0 Å². The summed E-state index contributed by atoms with van der Waals surface area (Å²) in [7, 11) is 0. The van der Waals surface area contributed by atoms with Crippen molar-refractivity contribution in [3.8, 4) is 0 Å². The van der Waals surface area contributed by atoms with Crippen LogP contribution in [0, 0.1) is 5.82 Å². The summed E-state index contributed by atoms with van der Waals surface area (Å²) in [4.78, 5) is 29.7. The standard InChI is InChI=1S/C26H24ClFN4O2/c1-15(2)29-26(34)30-19-10-7-16(8-11-19)24-20-14-18(27)9-12-22(20)32-25(33)23(31-24)13-17-5-3-4-6-21(17)28/h3-12,14-15,23H,13H2,1-2H3,(H,32,33)(H2,29,30,34). The van der Waals surface area contributed by atoms with E-state index in [2.05, 4.69) is 16.0 Å². The van der Waals surface area contributed by atoms with Gasteiger partial charge in [0.1, 0.15) is 11.9 Å². The summed E-state index contributed by atoms with van der Waals surface area (Å²) >= 11 is 6.26. The number of rotatable bonds is 5. The molecule has 3 aromatic carbocycles. The number of fused-ring (bicyclic) bond motifs is 1. The van der Waals surface area contributed by atoms with Crippen LogP contribution in [0.2, 0.25) is 5.02 Å². The zero-order valence-electron chi connectivity index (χ0n) is 18.7. The Labute approximate surface area is 202 Å². The Balaban J connectivity index is 1.71. The Bertz CT molecular complexity index is 1260. The van der Waals surface area contributed by atoms with Crippen molar-refractivity contribution in [2.24, 2.45) is 4.99 Å². The topological polar surface area (TPSA) is 82.6 Å². The summed E-state index contributed by atoms with van der Waals surface area (Å²) < 4.78 is 14.3. The monoisotopic (exact) mass is 478 g/mol. The maximum Gasteiger partial charge on any atom is 0.319 e. The van der Waals surface area contributed by atoms with E-state index in [0.717, 1.165) is 5.56 Å². The normalized spacial score (nSPS) is 15.1. The fourth-order valence-electron chi connectivity index (χ4n) is 3.70. The van der Waals surface area contributed by atoms with Crippen molar-refractivity contribution in [1.29, 1.82) is 0 Å². The van der Waals surface area contributed by atoms with Crippen LogP contribution in [0.25, 0.3) is 0 Å². The van der Waals surface area contributed by atoms with Gasteiger partial charge in [0.25, 0.3) is 0 Å². The molecule has 0 radical (unpaired) electrons. The van der Waals surface area contributed by atoms with Crippen LogP contribution in [0.4, 0.5) is 20.6 Å². The number of aliphatic imine (C=N–C) groups is 1. The molecule has 1 heterocycles. The van der Waals surface area contributed by atoms with Crippen molar-refractivity contribution in [1.82, 2.24) is 5.32 Å². The molecule has 1 aliphatic heterocycles. The number of hydrogen-bond acceptors (Lipinski definition) is 3. The van der Waals surface area contributed by atoms with Crippen molar-refractivity contribution in [3.63, 3.8) is 0 Å². The first-order valence-electron chi connectivity index (χ1n) is 10.9. The molecule has 0 saturated heterocycles. The van der Waals surface area contributed by atoms with Crippen LogP contribution in [0.1, 0.15) is 30.5 Å². The number of carbonyl (C=O) groups excluding carboxylic acids is 2. The summed E-state index contributed by atoms with van der Waals surface area (Å²) in [5.41, 5.74) is 3.53. The van der Waals surface area contributed by atoms with Gasteiger partial charge in [0.15, 0.2) is 0 Å². The SMILES string of the molecule is CC(C)NC(=O)Nc1ccc(C2=NC(Cc3ccccc3F)C(=O)Nc3ccc(Cl)cc32)cc1. The highest BCUT2D eigenvalue weighted by molar-refractivity contribution is 6.32. The molecule has 0 spiro atoms. The summed E-state index contributed by atoms with van der Waals surface area (Å²) in [6.07, 6.45) is 0.110. The Morgan fingerprint density at radius 3 is 2.56 bits per heavy atom. The summed E-state index contributed by atoms with van der Waals surface area (Å²) in [6, 6.07) is 17.5. The molecule has 174 valence electrons. The van der Waals surface area contributed by atoms with Crippen molar-refractivity contribution in [2.45, 2.75) is 32.4 Å². The molecule has 1 atom stereocenters. The molecule has 0 fully saturated rings. The van der Waals surface area contributed by atoms with Crippen molar-refractivity contribution >= 4 is 40.6 Å². The van der Waals surface area contributed by atoms with E-state index in [9.17, 15) is 14.0 Å². The third-order valence-electron chi connectivity index (χ3n) is 5.29. The quantitative estimate of drug-likeness (QED) is 0.458. The van der Waals surface area contributed by atoms with E-state index in [1.165, 1.54) is 6.07 Å². The van der Waals surface area contributed by atoms with Gasteiger partial charge in [0, 0.05) is 34.3 Å². The van der Waals surface area contributed by atoms with Crippen LogP contribution >= 0.6 is 11.6 Å². The second-order valence-electron chi connectivity index (χ2n) is 8.30. The minimum absolute atomic E-state index is 0.0114. The molecule has 0 bridgehead atoms. The van der Waals surface area contributed by atoms with Gasteiger partial charge >= 0.3 is 6.03 Å². The molecular weight excluding hydrogens is 455 g/mol. The molecule has 1 unspecified atom stereocenters.